The number of sulfonamides is 1. The number of alkyl halides is 3. The number of nitro groups is 1. The van der Waals surface area contributed by atoms with E-state index in [1.54, 1.807) is 4.72 Å². The van der Waals surface area contributed by atoms with Gasteiger partial charge in [-0.3, -0.25) is 10.1 Å². The Balaban J connectivity index is 3.12. The van der Waals surface area contributed by atoms with E-state index in [4.69, 9.17) is 5.73 Å². The second-order valence-electron chi connectivity index (χ2n) is 4.33. The molecule has 0 aliphatic rings. The molecule has 0 bridgehead atoms. The molecule has 0 aromatic heterocycles. The number of nitrogens with one attached hydrogen (secondary N) is 1. The quantitative estimate of drug-likeness (QED) is 0.486. The molecule has 0 aliphatic heterocycles. The van der Waals surface area contributed by atoms with E-state index in [-0.39, 0.29) is 5.69 Å². The van der Waals surface area contributed by atoms with Gasteiger partial charge in [0, 0.05) is 17.8 Å². The van der Waals surface area contributed by atoms with Gasteiger partial charge in [-0.1, -0.05) is 0 Å². The van der Waals surface area contributed by atoms with Crippen LogP contribution in [0.25, 0.3) is 0 Å². The summed E-state index contributed by atoms with van der Waals surface area (Å²) in [6.45, 7) is 1.01. The summed E-state index contributed by atoms with van der Waals surface area (Å²) in [7, 11) is -4.47. The first-order valence-corrected chi connectivity index (χ1v) is 7.03. The lowest BCUT2D eigenvalue weighted by Crippen LogP contribution is -2.36. The topological polar surface area (TPSA) is 115 Å². The Morgan fingerprint density at radius 2 is 2.00 bits per heavy atom. The minimum atomic E-state index is -4.56. The monoisotopic (exact) mass is 327 g/mol. The molecule has 21 heavy (non-hydrogen) atoms. The predicted molar refractivity (Wildman–Crippen MR) is 68.0 cm³/mol. The molecule has 0 aliphatic carbocycles. The number of benzene rings is 1. The van der Waals surface area contributed by atoms with Crippen molar-refractivity contribution in [2.45, 2.75) is 30.5 Å². The summed E-state index contributed by atoms with van der Waals surface area (Å²) in [5.41, 5.74) is 4.48. The zero-order valence-electron chi connectivity index (χ0n) is 10.7. The lowest BCUT2D eigenvalue weighted by Gasteiger charge is -2.16. The molecule has 0 spiro atoms. The van der Waals surface area contributed by atoms with Gasteiger partial charge in [0.15, 0.2) is 4.90 Å². The van der Waals surface area contributed by atoms with Crippen LogP contribution >= 0.6 is 0 Å². The third-order valence-corrected chi connectivity index (χ3v) is 4.00. The molecule has 11 heteroatoms. The fourth-order valence-electron chi connectivity index (χ4n) is 1.62. The summed E-state index contributed by atoms with van der Waals surface area (Å²) in [6.07, 6.45) is -5.95. The Morgan fingerprint density at radius 3 is 2.48 bits per heavy atom. The molecule has 118 valence electrons. The molecule has 0 radical (unpaired) electrons. The molecule has 1 aromatic rings. The average Bonchev–Trinajstić information content (AvgIpc) is 2.24. The van der Waals surface area contributed by atoms with E-state index in [1.807, 2.05) is 0 Å². The van der Waals surface area contributed by atoms with E-state index in [0.717, 1.165) is 25.1 Å². The molecular formula is C10H12F3N3O4S. The minimum absolute atomic E-state index is 0.0380. The van der Waals surface area contributed by atoms with Crippen LogP contribution in [0.3, 0.4) is 0 Å². The van der Waals surface area contributed by atoms with E-state index < -0.39 is 44.2 Å². The van der Waals surface area contributed by atoms with Crippen molar-refractivity contribution < 1.29 is 26.5 Å². The molecular weight excluding hydrogens is 315 g/mol. The van der Waals surface area contributed by atoms with Crippen LogP contribution in [0.4, 0.5) is 24.5 Å². The fourth-order valence-corrected chi connectivity index (χ4v) is 3.02. The maximum Gasteiger partial charge on any atom is 0.390 e. The van der Waals surface area contributed by atoms with Crippen LogP contribution in [-0.4, -0.2) is 25.6 Å². The van der Waals surface area contributed by atoms with Gasteiger partial charge in [-0.2, -0.15) is 13.2 Å². The number of rotatable bonds is 5. The second kappa shape index (κ2) is 5.85. The fraction of sp³-hybridized carbons (Fsp3) is 0.400. The first-order chi connectivity index (χ1) is 9.42. The van der Waals surface area contributed by atoms with Gasteiger partial charge in [-0.05, 0) is 19.1 Å². The lowest BCUT2D eigenvalue weighted by atomic mass is 10.2. The molecule has 3 N–H and O–H groups in total. The molecule has 7 nitrogen and oxygen atoms in total. The number of nitrogens with zero attached hydrogens (tertiary/aromatic N) is 1. The number of nitrogen functional groups attached to an aromatic ring is 1. The standard InChI is InChI=1S/C10H12F3N3O4S/c1-6(5-10(11,12)13)15-21(19,20)9-3-2-7(14)4-8(9)16(17)18/h2-4,6,15H,5,14H2,1H3. The molecule has 1 atom stereocenters. The SMILES string of the molecule is CC(CC(F)(F)F)NS(=O)(=O)c1ccc(N)cc1[N+](=O)[O-]. The van der Waals surface area contributed by atoms with Gasteiger partial charge < -0.3 is 5.73 Å². The zero-order chi connectivity index (χ0) is 16.4. The van der Waals surface area contributed by atoms with Crippen LogP contribution < -0.4 is 10.5 Å². The van der Waals surface area contributed by atoms with Gasteiger partial charge in [0.05, 0.1) is 11.3 Å². The van der Waals surface area contributed by atoms with Crippen molar-refractivity contribution >= 4 is 21.4 Å². The minimum Gasteiger partial charge on any atom is -0.399 e. The molecule has 0 saturated carbocycles. The Bertz CT molecular complexity index is 645. The summed E-state index contributed by atoms with van der Waals surface area (Å²) in [5.74, 6) is 0. The Morgan fingerprint density at radius 1 is 1.43 bits per heavy atom. The van der Waals surface area contributed by atoms with Crippen molar-refractivity contribution in [1.82, 2.24) is 4.72 Å². The highest BCUT2D eigenvalue weighted by Gasteiger charge is 2.33. The average molecular weight is 327 g/mol. The first kappa shape index (κ1) is 17.2. The van der Waals surface area contributed by atoms with Crippen molar-refractivity contribution in [3.8, 4) is 0 Å². The number of nitrogens with two attached hydrogens (primary N) is 1. The highest BCUT2D eigenvalue weighted by atomic mass is 32.2. The van der Waals surface area contributed by atoms with Crippen LogP contribution in [0, 0.1) is 10.1 Å². The third kappa shape index (κ3) is 4.86. The molecule has 1 aromatic carbocycles. The zero-order valence-corrected chi connectivity index (χ0v) is 11.5. The molecule has 1 unspecified atom stereocenters. The predicted octanol–water partition coefficient (Wildman–Crippen LogP) is 1.80. The van der Waals surface area contributed by atoms with Gasteiger partial charge in [0.25, 0.3) is 5.69 Å². The van der Waals surface area contributed by atoms with Crippen LogP contribution in [0.15, 0.2) is 23.1 Å². The number of nitro benzene ring substituents is 1. The second-order valence-corrected chi connectivity index (χ2v) is 6.01. The van der Waals surface area contributed by atoms with E-state index in [2.05, 4.69) is 0 Å². The molecule has 1 rings (SSSR count). The van der Waals surface area contributed by atoms with Gasteiger partial charge in [0.2, 0.25) is 10.0 Å². The van der Waals surface area contributed by atoms with Crippen molar-refractivity contribution in [2.24, 2.45) is 0 Å². The van der Waals surface area contributed by atoms with E-state index >= 15 is 0 Å². The number of anilines is 1. The highest BCUT2D eigenvalue weighted by Crippen LogP contribution is 2.27. The van der Waals surface area contributed by atoms with Crippen molar-refractivity contribution in [1.29, 1.82) is 0 Å². The van der Waals surface area contributed by atoms with Gasteiger partial charge >= 0.3 is 6.18 Å². The van der Waals surface area contributed by atoms with Crippen molar-refractivity contribution in [2.75, 3.05) is 5.73 Å². The largest absolute Gasteiger partial charge is 0.399 e. The highest BCUT2D eigenvalue weighted by molar-refractivity contribution is 7.89. The molecule has 0 amide bonds. The lowest BCUT2D eigenvalue weighted by molar-refractivity contribution is -0.387. The maximum absolute atomic E-state index is 12.2. The van der Waals surface area contributed by atoms with Crippen molar-refractivity contribution in [3.05, 3.63) is 28.3 Å². The molecule has 0 fully saturated rings. The van der Waals surface area contributed by atoms with Gasteiger partial charge in [-0.15, -0.1) is 0 Å². The normalized spacial score (nSPS) is 13.9. The van der Waals surface area contributed by atoms with E-state index in [9.17, 15) is 31.7 Å². The van der Waals surface area contributed by atoms with E-state index in [1.165, 1.54) is 0 Å². The Labute approximate surface area is 118 Å². The first-order valence-electron chi connectivity index (χ1n) is 5.55. The summed E-state index contributed by atoms with van der Waals surface area (Å²) in [6, 6.07) is 1.34. The Kier molecular flexibility index (Phi) is 4.79. The number of hydrogen-bond acceptors (Lipinski definition) is 5. The summed E-state index contributed by atoms with van der Waals surface area (Å²) in [4.78, 5) is 9.10. The van der Waals surface area contributed by atoms with Crippen LogP contribution in [0.2, 0.25) is 0 Å². The number of hydrogen-bond donors (Lipinski definition) is 2. The third-order valence-electron chi connectivity index (χ3n) is 2.36. The van der Waals surface area contributed by atoms with Gasteiger partial charge in [-0.25, -0.2) is 13.1 Å². The Hall–Kier alpha value is -1.88. The van der Waals surface area contributed by atoms with Crippen molar-refractivity contribution in [3.63, 3.8) is 0 Å². The summed E-state index contributed by atoms with van der Waals surface area (Å²) >= 11 is 0. The molecule has 0 heterocycles. The van der Waals surface area contributed by atoms with Crippen LogP contribution in [0.1, 0.15) is 13.3 Å². The number of halogens is 3. The summed E-state index contributed by atoms with van der Waals surface area (Å²) < 4.78 is 62.2. The molecule has 0 saturated heterocycles. The van der Waals surface area contributed by atoms with Gasteiger partial charge in [0.1, 0.15) is 0 Å². The van der Waals surface area contributed by atoms with Crippen LogP contribution in [0.5, 0.6) is 0 Å². The summed E-state index contributed by atoms with van der Waals surface area (Å²) in [5, 5.41) is 10.8. The smallest absolute Gasteiger partial charge is 0.390 e. The van der Waals surface area contributed by atoms with E-state index in [0.29, 0.717) is 0 Å². The van der Waals surface area contributed by atoms with Crippen LogP contribution in [-0.2, 0) is 10.0 Å². The maximum atomic E-state index is 12.2.